The molecule has 0 heterocycles. The Bertz CT molecular complexity index is 654. The Labute approximate surface area is 124 Å². The number of thiocarbonyl (C=S) groups is 1. The number of benzene rings is 2. The van der Waals surface area contributed by atoms with E-state index in [1.165, 1.54) is 5.39 Å². The smallest absolute Gasteiger partial charge is 0.227 e. The highest BCUT2D eigenvalue weighted by atomic mass is 32.1. The highest BCUT2D eigenvalue weighted by molar-refractivity contribution is 7.80. The van der Waals surface area contributed by atoms with Crippen molar-refractivity contribution in [1.29, 1.82) is 0 Å². The summed E-state index contributed by atoms with van der Waals surface area (Å²) in [6, 6.07) is 13.9. The van der Waals surface area contributed by atoms with Gasteiger partial charge in [0.15, 0.2) is 0 Å². The third-order valence-corrected chi connectivity index (χ3v) is 3.90. The van der Waals surface area contributed by atoms with Crippen LogP contribution in [0.15, 0.2) is 42.5 Å². The minimum absolute atomic E-state index is 0.0144. The molecule has 2 aromatic rings. The van der Waals surface area contributed by atoms with Crippen molar-refractivity contribution in [2.45, 2.75) is 19.4 Å². The van der Waals surface area contributed by atoms with Crippen LogP contribution in [0.3, 0.4) is 0 Å². The highest BCUT2D eigenvalue weighted by Crippen LogP contribution is 2.16. The Balaban J connectivity index is 2.15. The molecule has 2 N–H and O–H groups in total. The molecular weight excluding hydrogens is 268 g/mol. The van der Waals surface area contributed by atoms with Crippen LogP contribution in [-0.2, 0) is 11.2 Å². The molecule has 0 spiro atoms. The van der Waals surface area contributed by atoms with Crippen LogP contribution in [0.2, 0.25) is 0 Å². The van der Waals surface area contributed by atoms with E-state index < -0.39 is 0 Å². The lowest BCUT2D eigenvalue weighted by Gasteiger charge is -2.24. The van der Waals surface area contributed by atoms with Gasteiger partial charge in [0, 0.05) is 7.05 Å². The molecule has 1 amide bonds. The SMILES string of the molecule is CC(C(N)=S)N(C)C(=O)Cc1ccc2ccccc2c1. The van der Waals surface area contributed by atoms with Crippen LogP contribution in [0.5, 0.6) is 0 Å². The first kappa shape index (κ1) is 14.5. The van der Waals surface area contributed by atoms with Gasteiger partial charge in [-0.2, -0.15) is 0 Å². The number of carbonyl (C=O) groups is 1. The molecule has 0 aliphatic rings. The number of nitrogens with zero attached hydrogens (tertiary/aromatic N) is 1. The zero-order valence-electron chi connectivity index (χ0n) is 11.7. The standard InChI is InChI=1S/C16H18N2OS/c1-11(16(17)20)18(2)15(19)10-12-7-8-13-5-3-4-6-14(13)9-12/h3-9,11H,10H2,1-2H3,(H2,17,20). The summed E-state index contributed by atoms with van der Waals surface area (Å²) in [5, 5.41) is 2.32. The van der Waals surface area contributed by atoms with Crippen molar-refractivity contribution in [1.82, 2.24) is 4.90 Å². The van der Waals surface area contributed by atoms with E-state index in [2.05, 4.69) is 6.07 Å². The molecule has 0 fully saturated rings. The lowest BCUT2D eigenvalue weighted by atomic mass is 10.0. The third-order valence-electron chi connectivity index (χ3n) is 3.56. The van der Waals surface area contributed by atoms with Crippen LogP contribution in [0.4, 0.5) is 0 Å². The van der Waals surface area contributed by atoms with Gasteiger partial charge in [0.2, 0.25) is 5.91 Å². The van der Waals surface area contributed by atoms with Crippen LogP contribution in [0.1, 0.15) is 12.5 Å². The van der Waals surface area contributed by atoms with Crippen molar-refractivity contribution in [2.75, 3.05) is 7.05 Å². The summed E-state index contributed by atoms with van der Waals surface area (Å²) in [4.78, 5) is 14.1. The summed E-state index contributed by atoms with van der Waals surface area (Å²) in [5.41, 5.74) is 6.58. The van der Waals surface area contributed by atoms with Gasteiger partial charge in [-0.15, -0.1) is 0 Å². The quantitative estimate of drug-likeness (QED) is 0.879. The summed E-state index contributed by atoms with van der Waals surface area (Å²) in [6.07, 6.45) is 0.355. The molecule has 104 valence electrons. The fourth-order valence-corrected chi connectivity index (χ4v) is 2.21. The Hall–Kier alpha value is -1.94. The van der Waals surface area contributed by atoms with E-state index in [9.17, 15) is 4.79 Å². The molecule has 0 aliphatic carbocycles. The van der Waals surface area contributed by atoms with Crippen molar-refractivity contribution in [3.8, 4) is 0 Å². The fraction of sp³-hybridized carbons (Fsp3) is 0.250. The number of hydrogen-bond acceptors (Lipinski definition) is 2. The number of fused-ring (bicyclic) bond motifs is 1. The lowest BCUT2D eigenvalue weighted by molar-refractivity contribution is -0.129. The number of nitrogens with two attached hydrogens (primary N) is 1. The van der Waals surface area contributed by atoms with E-state index in [1.54, 1.807) is 11.9 Å². The maximum absolute atomic E-state index is 12.2. The zero-order chi connectivity index (χ0) is 14.7. The van der Waals surface area contributed by atoms with Gasteiger partial charge in [-0.1, -0.05) is 54.7 Å². The molecule has 0 aliphatic heterocycles. The van der Waals surface area contributed by atoms with Crippen LogP contribution < -0.4 is 5.73 Å². The average Bonchev–Trinajstić information content (AvgIpc) is 2.45. The summed E-state index contributed by atoms with van der Waals surface area (Å²) in [5.74, 6) is 0.0144. The van der Waals surface area contributed by atoms with Crippen molar-refractivity contribution in [3.63, 3.8) is 0 Å². The molecule has 1 atom stereocenters. The van der Waals surface area contributed by atoms with E-state index in [-0.39, 0.29) is 11.9 Å². The Morgan fingerprint density at radius 3 is 2.55 bits per heavy atom. The topological polar surface area (TPSA) is 46.3 Å². The average molecular weight is 286 g/mol. The van der Waals surface area contributed by atoms with Crippen molar-refractivity contribution < 1.29 is 4.79 Å². The molecule has 4 heteroatoms. The number of carbonyl (C=O) groups excluding carboxylic acids is 1. The van der Waals surface area contributed by atoms with E-state index in [0.717, 1.165) is 10.9 Å². The summed E-state index contributed by atoms with van der Waals surface area (Å²) >= 11 is 4.93. The van der Waals surface area contributed by atoms with Gasteiger partial charge >= 0.3 is 0 Å². The second-order valence-electron chi connectivity index (χ2n) is 4.94. The van der Waals surface area contributed by atoms with E-state index in [1.807, 2.05) is 43.3 Å². The molecule has 3 nitrogen and oxygen atoms in total. The normalized spacial score (nSPS) is 12.1. The number of likely N-dealkylation sites (N-methyl/N-ethyl adjacent to an activating group) is 1. The van der Waals surface area contributed by atoms with Crippen LogP contribution in [-0.4, -0.2) is 28.9 Å². The molecule has 2 rings (SSSR count). The van der Waals surface area contributed by atoms with Gasteiger partial charge in [0.1, 0.15) is 0 Å². The van der Waals surface area contributed by atoms with Gasteiger partial charge in [0.25, 0.3) is 0 Å². The molecule has 0 saturated heterocycles. The molecule has 0 saturated carbocycles. The minimum Gasteiger partial charge on any atom is -0.392 e. The van der Waals surface area contributed by atoms with E-state index >= 15 is 0 Å². The van der Waals surface area contributed by atoms with Gasteiger partial charge in [-0.25, -0.2) is 0 Å². The van der Waals surface area contributed by atoms with Crippen LogP contribution in [0, 0.1) is 0 Å². The van der Waals surface area contributed by atoms with Gasteiger partial charge in [-0.3, -0.25) is 4.79 Å². The maximum Gasteiger partial charge on any atom is 0.227 e. The third kappa shape index (κ3) is 3.14. The monoisotopic (exact) mass is 286 g/mol. The predicted octanol–water partition coefficient (Wildman–Crippen LogP) is 2.52. The van der Waals surface area contributed by atoms with E-state index in [4.69, 9.17) is 18.0 Å². The summed E-state index contributed by atoms with van der Waals surface area (Å²) < 4.78 is 0. The Morgan fingerprint density at radius 1 is 1.25 bits per heavy atom. The second-order valence-corrected chi connectivity index (χ2v) is 5.41. The first-order valence-corrected chi connectivity index (χ1v) is 6.92. The first-order chi connectivity index (χ1) is 9.49. The highest BCUT2D eigenvalue weighted by Gasteiger charge is 2.17. The molecule has 0 radical (unpaired) electrons. The molecule has 0 bridgehead atoms. The van der Waals surface area contributed by atoms with E-state index in [0.29, 0.717) is 11.4 Å². The van der Waals surface area contributed by atoms with Crippen molar-refractivity contribution in [3.05, 3.63) is 48.0 Å². The molecule has 2 aromatic carbocycles. The minimum atomic E-state index is -0.224. The molecule has 0 aromatic heterocycles. The number of hydrogen-bond donors (Lipinski definition) is 1. The fourth-order valence-electron chi connectivity index (χ4n) is 2.05. The lowest BCUT2D eigenvalue weighted by Crippen LogP contribution is -2.43. The maximum atomic E-state index is 12.2. The molecular formula is C16H18N2OS. The summed E-state index contributed by atoms with van der Waals surface area (Å²) in [6.45, 7) is 1.83. The van der Waals surface area contributed by atoms with Crippen LogP contribution >= 0.6 is 12.2 Å². The largest absolute Gasteiger partial charge is 0.392 e. The number of rotatable bonds is 4. The van der Waals surface area contributed by atoms with Crippen molar-refractivity contribution >= 4 is 33.9 Å². The zero-order valence-corrected chi connectivity index (χ0v) is 12.5. The predicted molar refractivity (Wildman–Crippen MR) is 86.7 cm³/mol. The molecule has 20 heavy (non-hydrogen) atoms. The second kappa shape index (κ2) is 6.01. The van der Waals surface area contributed by atoms with Crippen molar-refractivity contribution in [2.24, 2.45) is 5.73 Å². The summed E-state index contributed by atoms with van der Waals surface area (Å²) in [7, 11) is 1.73. The Morgan fingerprint density at radius 2 is 1.90 bits per heavy atom. The van der Waals surface area contributed by atoms with Gasteiger partial charge in [0.05, 0.1) is 17.5 Å². The molecule has 1 unspecified atom stereocenters. The van der Waals surface area contributed by atoms with Gasteiger partial charge in [-0.05, 0) is 23.3 Å². The first-order valence-electron chi connectivity index (χ1n) is 6.51. The Kier molecular flexibility index (Phi) is 4.35. The number of amides is 1. The van der Waals surface area contributed by atoms with Crippen LogP contribution in [0.25, 0.3) is 10.8 Å². The van der Waals surface area contributed by atoms with Gasteiger partial charge < -0.3 is 10.6 Å².